The van der Waals surface area contributed by atoms with Gasteiger partial charge in [0.1, 0.15) is 24.7 Å². The van der Waals surface area contributed by atoms with Crippen LogP contribution in [0.1, 0.15) is 26.1 Å². The molecule has 3 aromatic rings. The first kappa shape index (κ1) is 17.0. The van der Waals surface area contributed by atoms with Crippen molar-refractivity contribution in [2.24, 2.45) is 0 Å². The van der Waals surface area contributed by atoms with Crippen molar-refractivity contribution in [1.29, 1.82) is 0 Å². The van der Waals surface area contributed by atoms with Crippen molar-refractivity contribution in [2.75, 3.05) is 0 Å². The lowest BCUT2D eigenvalue weighted by molar-refractivity contribution is -0.122. The van der Waals surface area contributed by atoms with E-state index in [9.17, 15) is 4.79 Å². The lowest BCUT2D eigenvalue weighted by atomic mass is 10.2. The van der Waals surface area contributed by atoms with Crippen molar-refractivity contribution in [2.45, 2.75) is 39.5 Å². The highest BCUT2D eigenvalue weighted by Gasteiger charge is 2.15. The number of nitrogens with zero attached hydrogens (tertiary/aromatic N) is 2. The topological polar surface area (TPSA) is 56.2 Å². The number of carbonyl (C=O) groups is 1. The van der Waals surface area contributed by atoms with E-state index in [0.717, 1.165) is 29.0 Å². The molecule has 0 saturated carbocycles. The van der Waals surface area contributed by atoms with E-state index in [1.165, 1.54) is 0 Å². The number of nitrogens with one attached hydrogen (secondary N) is 1. The van der Waals surface area contributed by atoms with Crippen LogP contribution in [0, 0.1) is 0 Å². The molecule has 0 aliphatic carbocycles. The summed E-state index contributed by atoms with van der Waals surface area (Å²) in [7, 11) is 0. The summed E-state index contributed by atoms with van der Waals surface area (Å²) < 4.78 is 7.76. The van der Waals surface area contributed by atoms with Crippen LogP contribution in [0.15, 0.2) is 54.6 Å². The Morgan fingerprint density at radius 3 is 2.64 bits per heavy atom. The number of hydrogen-bond acceptors (Lipinski definition) is 3. The van der Waals surface area contributed by atoms with Crippen LogP contribution < -0.4 is 10.1 Å². The van der Waals surface area contributed by atoms with Crippen LogP contribution in [0.2, 0.25) is 0 Å². The Labute approximate surface area is 147 Å². The average molecular weight is 337 g/mol. The van der Waals surface area contributed by atoms with Crippen LogP contribution in [0.4, 0.5) is 0 Å². The quantitative estimate of drug-likeness (QED) is 0.717. The van der Waals surface area contributed by atoms with Crippen molar-refractivity contribution in [3.05, 3.63) is 60.4 Å². The molecular formula is C20H23N3O2. The molecule has 1 unspecified atom stereocenters. The molecule has 1 heterocycles. The third-order valence-electron chi connectivity index (χ3n) is 4.17. The van der Waals surface area contributed by atoms with Crippen LogP contribution in [0.5, 0.6) is 5.75 Å². The molecule has 25 heavy (non-hydrogen) atoms. The summed E-state index contributed by atoms with van der Waals surface area (Å²) in [5, 5.41) is 3.01. The molecule has 0 aliphatic heterocycles. The van der Waals surface area contributed by atoms with Crippen molar-refractivity contribution in [1.82, 2.24) is 14.9 Å². The minimum atomic E-state index is -0.0153. The molecule has 1 atom stereocenters. The van der Waals surface area contributed by atoms with Gasteiger partial charge >= 0.3 is 0 Å². The Kier molecular flexibility index (Phi) is 5.33. The first-order valence-corrected chi connectivity index (χ1v) is 8.58. The monoisotopic (exact) mass is 337 g/mol. The Morgan fingerprint density at radius 1 is 1.16 bits per heavy atom. The maximum atomic E-state index is 12.3. The maximum absolute atomic E-state index is 12.3. The summed E-state index contributed by atoms with van der Waals surface area (Å²) in [6.45, 7) is 4.60. The Hall–Kier alpha value is -2.82. The summed E-state index contributed by atoms with van der Waals surface area (Å²) in [6.07, 6.45) is 0.903. The van der Waals surface area contributed by atoms with E-state index in [4.69, 9.17) is 4.74 Å². The number of amides is 1. The molecule has 130 valence electrons. The van der Waals surface area contributed by atoms with Crippen LogP contribution in [0.3, 0.4) is 0 Å². The van der Waals surface area contributed by atoms with Gasteiger partial charge in [-0.2, -0.15) is 0 Å². The number of rotatable bonds is 7. The number of benzene rings is 2. The van der Waals surface area contributed by atoms with Crippen molar-refractivity contribution in [3.8, 4) is 5.75 Å². The van der Waals surface area contributed by atoms with Gasteiger partial charge in [-0.1, -0.05) is 37.3 Å². The molecule has 0 aliphatic rings. The average Bonchev–Trinajstić information content (AvgIpc) is 2.98. The van der Waals surface area contributed by atoms with Gasteiger partial charge < -0.3 is 14.6 Å². The third-order valence-corrected chi connectivity index (χ3v) is 4.17. The summed E-state index contributed by atoms with van der Waals surface area (Å²) in [5.41, 5.74) is 1.80. The molecule has 1 N–H and O–H groups in total. The largest absolute Gasteiger partial charge is 0.486 e. The summed E-state index contributed by atoms with van der Waals surface area (Å²) >= 11 is 0. The molecule has 0 radical (unpaired) electrons. The second-order valence-corrected chi connectivity index (χ2v) is 6.08. The molecule has 1 amide bonds. The second-order valence-electron chi connectivity index (χ2n) is 6.08. The number of carbonyl (C=O) groups excluding carboxylic acids is 1. The zero-order valence-electron chi connectivity index (χ0n) is 14.6. The zero-order chi connectivity index (χ0) is 17.6. The summed E-state index contributed by atoms with van der Waals surface area (Å²) in [6, 6.07) is 17.6. The maximum Gasteiger partial charge on any atom is 0.240 e. The predicted octanol–water partition coefficient (Wildman–Crippen LogP) is 3.53. The minimum Gasteiger partial charge on any atom is -0.486 e. The number of aromatic nitrogens is 2. The standard InChI is InChI=1S/C20H23N3O2/c1-3-15(2)21-20(24)13-23-18-12-8-7-11-17(18)22-19(23)14-25-16-9-5-4-6-10-16/h4-12,15H,3,13-14H2,1-2H3,(H,21,24). The van der Waals surface area contributed by atoms with E-state index >= 15 is 0 Å². The molecular weight excluding hydrogens is 314 g/mol. The fourth-order valence-electron chi connectivity index (χ4n) is 2.64. The van der Waals surface area contributed by atoms with Gasteiger partial charge in [0.2, 0.25) is 5.91 Å². The van der Waals surface area contributed by atoms with E-state index in [-0.39, 0.29) is 18.5 Å². The second kappa shape index (κ2) is 7.83. The molecule has 1 aromatic heterocycles. The van der Waals surface area contributed by atoms with Gasteiger partial charge in [0.25, 0.3) is 0 Å². The highest BCUT2D eigenvalue weighted by atomic mass is 16.5. The zero-order valence-corrected chi connectivity index (χ0v) is 14.6. The molecule has 0 bridgehead atoms. The van der Waals surface area contributed by atoms with E-state index < -0.39 is 0 Å². The fraction of sp³-hybridized carbons (Fsp3) is 0.300. The molecule has 0 spiro atoms. The van der Waals surface area contributed by atoms with Gasteiger partial charge in [0, 0.05) is 6.04 Å². The molecule has 5 heteroatoms. The van der Waals surface area contributed by atoms with Gasteiger partial charge in [-0.05, 0) is 37.6 Å². The Morgan fingerprint density at radius 2 is 1.88 bits per heavy atom. The van der Waals surface area contributed by atoms with Crippen LogP contribution in [-0.4, -0.2) is 21.5 Å². The lowest BCUT2D eigenvalue weighted by Crippen LogP contribution is -2.35. The number of hydrogen-bond donors (Lipinski definition) is 1. The Balaban J connectivity index is 1.83. The van der Waals surface area contributed by atoms with Crippen LogP contribution >= 0.6 is 0 Å². The summed E-state index contributed by atoms with van der Waals surface area (Å²) in [4.78, 5) is 17.0. The molecule has 2 aromatic carbocycles. The van der Waals surface area contributed by atoms with Crippen molar-refractivity contribution in [3.63, 3.8) is 0 Å². The summed E-state index contributed by atoms with van der Waals surface area (Å²) in [5.74, 6) is 1.51. The molecule has 5 nitrogen and oxygen atoms in total. The SMILES string of the molecule is CCC(C)NC(=O)Cn1c(COc2ccccc2)nc2ccccc21. The third kappa shape index (κ3) is 4.18. The van der Waals surface area contributed by atoms with Crippen molar-refractivity contribution < 1.29 is 9.53 Å². The smallest absolute Gasteiger partial charge is 0.240 e. The first-order chi connectivity index (χ1) is 12.2. The first-order valence-electron chi connectivity index (χ1n) is 8.58. The number of para-hydroxylation sites is 3. The van der Waals surface area contributed by atoms with Gasteiger partial charge in [-0.3, -0.25) is 4.79 Å². The van der Waals surface area contributed by atoms with E-state index in [1.54, 1.807) is 0 Å². The van der Waals surface area contributed by atoms with Gasteiger partial charge in [-0.25, -0.2) is 4.98 Å². The molecule has 3 rings (SSSR count). The molecule has 0 fully saturated rings. The highest BCUT2D eigenvalue weighted by Crippen LogP contribution is 2.18. The van der Waals surface area contributed by atoms with Gasteiger partial charge in [0.05, 0.1) is 11.0 Å². The van der Waals surface area contributed by atoms with Gasteiger partial charge in [0.15, 0.2) is 0 Å². The lowest BCUT2D eigenvalue weighted by Gasteiger charge is -2.14. The number of fused-ring (bicyclic) bond motifs is 1. The normalized spacial score (nSPS) is 12.1. The van der Waals surface area contributed by atoms with Crippen molar-refractivity contribution >= 4 is 16.9 Å². The minimum absolute atomic E-state index is 0.0153. The van der Waals surface area contributed by atoms with E-state index in [2.05, 4.69) is 17.2 Å². The predicted molar refractivity (Wildman–Crippen MR) is 98.4 cm³/mol. The van der Waals surface area contributed by atoms with E-state index in [0.29, 0.717) is 6.61 Å². The van der Waals surface area contributed by atoms with Crippen LogP contribution in [0.25, 0.3) is 11.0 Å². The van der Waals surface area contributed by atoms with E-state index in [1.807, 2.05) is 66.1 Å². The van der Waals surface area contributed by atoms with Gasteiger partial charge in [-0.15, -0.1) is 0 Å². The Bertz CT molecular complexity index is 843. The van der Waals surface area contributed by atoms with Crippen LogP contribution in [-0.2, 0) is 17.9 Å². The highest BCUT2D eigenvalue weighted by molar-refractivity contribution is 5.81. The number of imidazole rings is 1. The fourth-order valence-corrected chi connectivity index (χ4v) is 2.64. The number of ether oxygens (including phenoxy) is 1. The molecule has 0 saturated heterocycles.